The van der Waals surface area contributed by atoms with E-state index in [0.29, 0.717) is 17.8 Å². The number of nitrogens with zero attached hydrogens (tertiary/aromatic N) is 1. The molecule has 0 aliphatic heterocycles. The molecule has 0 aromatic heterocycles. The third-order valence-electron chi connectivity index (χ3n) is 3.56. The van der Waals surface area contributed by atoms with E-state index >= 15 is 0 Å². The maximum absolute atomic E-state index is 9.25. The van der Waals surface area contributed by atoms with Crippen LogP contribution in [0.5, 0.6) is 5.75 Å². The second-order valence-corrected chi connectivity index (χ2v) is 5.02. The van der Waals surface area contributed by atoms with Crippen molar-refractivity contribution in [3.63, 3.8) is 0 Å². The van der Waals surface area contributed by atoms with Crippen molar-refractivity contribution in [3.05, 3.63) is 29.8 Å². The zero-order chi connectivity index (χ0) is 12.8. The Morgan fingerprint density at radius 2 is 1.71 bits per heavy atom. The van der Waals surface area contributed by atoms with Gasteiger partial charge in [0.1, 0.15) is 5.75 Å². The van der Waals surface area contributed by atoms with Gasteiger partial charge < -0.3 is 10.0 Å². The predicted molar refractivity (Wildman–Crippen MR) is 73.4 cm³/mol. The van der Waals surface area contributed by atoms with E-state index in [4.69, 9.17) is 0 Å². The molecule has 17 heavy (non-hydrogen) atoms. The minimum absolute atomic E-state index is 0.342. The van der Waals surface area contributed by atoms with Crippen molar-refractivity contribution in [1.29, 1.82) is 0 Å². The number of likely N-dealkylation sites (N-methyl/N-ethyl adjacent to an activating group) is 1. The molecule has 2 unspecified atom stereocenters. The van der Waals surface area contributed by atoms with Crippen molar-refractivity contribution in [2.75, 3.05) is 7.05 Å². The summed E-state index contributed by atoms with van der Waals surface area (Å²) < 4.78 is 0. The molecular formula is C15H25NO. The lowest BCUT2D eigenvalue weighted by Gasteiger charge is -2.30. The van der Waals surface area contributed by atoms with Crippen molar-refractivity contribution < 1.29 is 5.11 Å². The summed E-state index contributed by atoms with van der Waals surface area (Å²) in [5.41, 5.74) is 1.28. The van der Waals surface area contributed by atoms with Crippen LogP contribution in [0.1, 0.15) is 39.2 Å². The van der Waals surface area contributed by atoms with Gasteiger partial charge in [-0.3, -0.25) is 0 Å². The maximum Gasteiger partial charge on any atom is 0.115 e. The van der Waals surface area contributed by atoms with Gasteiger partial charge in [-0.2, -0.15) is 0 Å². The number of benzene rings is 1. The molecule has 0 aliphatic rings. The van der Waals surface area contributed by atoms with Crippen molar-refractivity contribution in [2.24, 2.45) is 0 Å². The summed E-state index contributed by atoms with van der Waals surface area (Å²) in [4.78, 5) is 2.44. The molecule has 2 nitrogen and oxygen atoms in total. The van der Waals surface area contributed by atoms with E-state index in [9.17, 15) is 5.11 Å². The Hall–Kier alpha value is -1.02. The second kappa shape index (κ2) is 6.65. The first-order valence-corrected chi connectivity index (χ1v) is 6.54. The summed E-state index contributed by atoms with van der Waals surface area (Å²) in [6.45, 7) is 6.78. The Bertz CT molecular complexity index is 320. The fraction of sp³-hybridized carbons (Fsp3) is 0.600. The van der Waals surface area contributed by atoms with Crippen LogP contribution in [-0.4, -0.2) is 29.1 Å². The molecule has 0 saturated carbocycles. The quantitative estimate of drug-likeness (QED) is 0.816. The number of hydrogen-bond acceptors (Lipinski definition) is 2. The van der Waals surface area contributed by atoms with Gasteiger partial charge in [-0.1, -0.05) is 25.5 Å². The van der Waals surface area contributed by atoms with Crippen molar-refractivity contribution in [3.8, 4) is 5.75 Å². The lowest BCUT2D eigenvalue weighted by molar-refractivity contribution is 0.185. The van der Waals surface area contributed by atoms with Gasteiger partial charge in [0.15, 0.2) is 0 Å². The van der Waals surface area contributed by atoms with Gasteiger partial charge in [0.2, 0.25) is 0 Å². The average molecular weight is 235 g/mol. The average Bonchev–Trinajstić information content (AvgIpc) is 2.31. The molecule has 1 rings (SSSR count). The first-order valence-electron chi connectivity index (χ1n) is 6.54. The van der Waals surface area contributed by atoms with Gasteiger partial charge >= 0.3 is 0 Å². The highest BCUT2D eigenvalue weighted by molar-refractivity contribution is 5.26. The van der Waals surface area contributed by atoms with Crippen molar-refractivity contribution >= 4 is 0 Å². The largest absolute Gasteiger partial charge is 0.508 e. The first kappa shape index (κ1) is 14.0. The summed E-state index contributed by atoms with van der Waals surface area (Å²) in [6.07, 6.45) is 3.51. The van der Waals surface area contributed by atoms with Gasteiger partial charge in [0.25, 0.3) is 0 Å². The molecular weight excluding hydrogens is 210 g/mol. The monoisotopic (exact) mass is 235 g/mol. The number of aromatic hydroxyl groups is 1. The van der Waals surface area contributed by atoms with Crippen LogP contribution in [0.4, 0.5) is 0 Å². The molecule has 0 heterocycles. The summed E-state index contributed by atoms with van der Waals surface area (Å²) in [5.74, 6) is 0.342. The van der Waals surface area contributed by atoms with E-state index in [2.05, 4.69) is 32.7 Å². The molecule has 0 radical (unpaired) electrons. The maximum atomic E-state index is 9.25. The standard InChI is InChI=1S/C15H25NO/c1-5-6-12(2)16(4)13(3)11-14-7-9-15(17)10-8-14/h7-10,12-13,17H,5-6,11H2,1-4H3. The summed E-state index contributed by atoms with van der Waals surface area (Å²) >= 11 is 0. The molecule has 96 valence electrons. The predicted octanol–water partition coefficient (Wildman–Crippen LogP) is 3.44. The van der Waals surface area contributed by atoms with Gasteiger partial charge in [0.05, 0.1) is 0 Å². The molecule has 0 aliphatic carbocycles. The lowest BCUT2D eigenvalue weighted by Crippen LogP contribution is -2.38. The molecule has 0 amide bonds. The SMILES string of the molecule is CCCC(C)N(C)C(C)Cc1ccc(O)cc1. The van der Waals surface area contributed by atoms with E-state index in [0.717, 1.165) is 6.42 Å². The highest BCUT2D eigenvalue weighted by Crippen LogP contribution is 2.15. The third-order valence-corrected chi connectivity index (χ3v) is 3.56. The molecule has 2 heteroatoms. The van der Waals surface area contributed by atoms with Crippen LogP contribution in [-0.2, 0) is 6.42 Å². The topological polar surface area (TPSA) is 23.5 Å². The zero-order valence-electron chi connectivity index (χ0n) is 11.5. The Labute approximate surface area is 105 Å². The first-order chi connectivity index (χ1) is 8.04. The van der Waals surface area contributed by atoms with Gasteiger partial charge in [-0.25, -0.2) is 0 Å². The van der Waals surface area contributed by atoms with Crippen molar-refractivity contribution in [2.45, 2.75) is 52.1 Å². The van der Waals surface area contributed by atoms with Crippen LogP contribution in [0.25, 0.3) is 0 Å². The highest BCUT2D eigenvalue weighted by Gasteiger charge is 2.15. The number of hydrogen-bond donors (Lipinski definition) is 1. The van der Waals surface area contributed by atoms with Crippen molar-refractivity contribution in [1.82, 2.24) is 4.90 Å². The van der Waals surface area contributed by atoms with Crippen LogP contribution in [0.3, 0.4) is 0 Å². The lowest BCUT2D eigenvalue weighted by atomic mass is 10.0. The molecule has 0 spiro atoms. The van der Waals surface area contributed by atoms with Gasteiger partial charge in [-0.05, 0) is 51.4 Å². The van der Waals surface area contributed by atoms with Crippen LogP contribution >= 0.6 is 0 Å². The molecule has 0 saturated heterocycles. The van der Waals surface area contributed by atoms with E-state index < -0.39 is 0 Å². The summed E-state index contributed by atoms with van der Waals surface area (Å²) in [5, 5.41) is 9.25. The number of phenols is 1. The van der Waals surface area contributed by atoms with Gasteiger partial charge in [0, 0.05) is 12.1 Å². The van der Waals surface area contributed by atoms with Crippen LogP contribution in [0.2, 0.25) is 0 Å². The van der Waals surface area contributed by atoms with E-state index in [1.807, 2.05) is 12.1 Å². The smallest absolute Gasteiger partial charge is 0.115 e. The fourth-order valence-corrected chi connectivity index (χ4v) is 2.17. The zero-order valence-corrected chi connectivity index (χ0v) is 11.5. The van der Waals surface area contributed by atoms with Crippen LogP contribution in [0, 0.1) is 0 Å². The Morgan fingerprint density at radius 1 is 1.12 bits per heavy atom. The normalized spacial score (nSPS) is 14.9. The Morgan fingerprint density at radius 3 is 2.24 bits per heavy atom. The second-order valence-electron chi connectivity index (χ2n) is 5.02. The number of phenolic OH excluding ortho intramolecular Hbond substituents is 1. The molecule has 1 aromatic carbocycles. The minimum atomic E-state index is 0.342. The Kier molecular flexibility index (Phi) is 5.49. The molecule has 1 aromatic rings. The van der Waals surface area contributed by atoms with E-state index in [-0.39, 0.29) is 0 Å². The van der Waals surface area contributed by atoms with Crippen LogP contribution < -0.4 is 0 Å². The van der Waals surface area contributed by atoms with E-state index in [1.54, 1.807) is 12.1 Å². The van der Waals surface area contributed by atoms with Crippen LogP contribution in [0.15, 0.2) is 24.3 Å². The fourth-order valence-electron chi connectivity index (χ4n) is 2.17. The molecule has 1 N–H and O–H groups in total. The highest BCUT2D eigenvalue weighted by atomic mass is 16.3. The molecule has 0 bridgehead atoms. The number of rotatable bonds is 6. The third kappa shape index (κ3) is 4.39. The Balaban J connectivity index is 2.53. The summed E-state index contributed by atoms with van der Waals surface area (Å²) in [6, 6.07) is 8.69. The minimum Gasteiger partial charge on any atom is -0.508 e. The molecule has 2 atom stereocenters. The van der Waals surface area contributed by atoms with Gasteiger partial charge in [-0.15, -0.1) is 0 Å². The molecule has 0 fully saturated rings. The van der Waals surface area contributed by atoms with E-state index in [1.165, 1.54) is 18.4 Å². The summed E-state index contributed by atoms with van der Waals surface area (Å²) in [7, 11) is 2.20.